The van der Waals surface area contributed by atoms with Gasteiger partial charge in [0.2, 0.25) is 5.91 Å². The van der Waals surface area contributed by atoms with E-state index in [1.54, 1.807) is 18.4 Å². The lowest BCUT2D eigenvalue weighted by Crippen LogP contribution is -2.35. The number of methoxy groups -OCH3 is 1. The van der Waals surface area contributed by atoms with E-state index in [0.717, 1.165) is 11.0 Å². The highest BCUT2D eigenvalue weighted by molar-refractivity contribution is 9.10. The van der Waals surface area contributed by atoms with Gasteiger partial charge in [-0.15, -0.1) is 11.3 Å². The third-order valence-electron chi connectivity index (χ3n) is 1.99. The molecule has 16 heavy (non-hydrogen) atoms. The van der Waals surface area contributed by atoms with E-state index in [-0.39, 0.29) is 12.5 Å². The topological polar surface area (TPSA) is 55.6 Å². The summed E-state index contributed by atoms with van der Waals surface area (Å²) in [4.78, 5) is 14.1. The number of primary amides is 1. The van der Waals surface area contributed by atoms with Crippen molar-refractivity contribution < 1.29 is 9.53 Å². The summed E-state index contributed by atoms with van der Waals surface area (Å²) in [6.07, 6.45) is 0. The van der Waals surface area contributed by atoms with E-state index >= 15 is 0 Å². The Bertz CT molecular complexity index is 343. The van der Waals surface area contributed by atoms with Crippen molar-refractivity contribution in [1.82, 2.24) is 4.90 Å². The Morgan fingerprint density at radius 3 is 2.94 bits per heavy atom. The number of hydrogen-bond acceptors (Lipinski definition) is 4. The Hall–Kier alpha value is -0.430. The Kier molecular flexibility index (Phi) is 5.97. The van der Waals surface area contributed by atoms with Gasteiger partial charge in [0.25, 0.3) is 0 Å². The van der Waals surface area contributed by atoms with E-state index in [9.17, 15) is 4.79 Å². The van der Waals surface area contributed by atoms with Gasteiger partial charge in [0, 0.05) is 34.9 Å². The standard InChI is InChI=1S/C10H15BrN2O2S/c1-15-3-2-13(6-10(12)14)5-9-4-8(11)7-16-9/h4,7H,2-3,5-6H2,1H3,(H2,12,14). The van der Waals surface area contributed by atoms with Gasteiger partial charge in [-0.25, -0.2) is 0 Å². The maximum Gasteiger partial charge on any atom is 0.231 e. The number of thiophene rings is 1. The van der Waals surface area contributed by atoms with Crippen LogP contribution in [0, 0.1) is 0 Å². The fourth-order valence-corrected chi connectivity index (χ4v) is 2.80. The van der Waals surface area contributed by atoms with E-state index in [1.165, 1.54) is 4.88 Å². The largest absolute Gasteiger partial charge is 0.383 e. The Labute approximate surface area is 108 Å². The Morgan fingerprint density at radius 2 is 2.44 bits per heavy atom. The fourth-order valence-electron chi connectivity index (χ4n) is 1.31. The van der Waals surface area contributed by atoms with Gasteiger partial charge in [0.05, 0.1) is 13.2 Å². The Balaban J connectivity index is 2.51. The summed E-state index contributed by atoms with van der Waals surface area (Å²) in [5, 5.41) is 2.02. The number of halogens is 1. The molecule has 0 unspecified atom stereocenters. The smallest absolute Gasteiger partial charge is 0.231 e. The molecular weight excluding hydrogens is 292 g/mol. The highest BCUT2D eigenvalue weighted by atomic mass is 79.9. The molecule has 0 aliphatic carbocycles. The first-order chi connectivity index (χ1) is 7.61. The highest BCUT2D eigenvalue weighted by Gasteiger charge is 2.10. The lowest BCUT2D eigenvalue weighted by Gasteiger charge is -2.19. The van der Waals surface area contributed by atoms with Gasteiger partial charge in [-0.05, 0) is 22.0 Å². The van der Waals surface area contributed by atoms with Crippen molar-refractivity contribution in [3.63, 3.8) is 0 Å². The second-order valence-electron chi connectivity index (χ2n) is 3.40. The van der Waals surface area contributed by atoms with Crippen LogP contribution in [-0.2, 0) is 16.1 Å². The minimum absolute atomic E-state index is 0.263. The molecule has 0 bridgehead atoms. The van der Waals surface area contributed by atoms with Crippen LogP contribution < -0.4 is 5.73 Å². The summed E-state index contributed by atoms with van der Waals surface area (Å²) in [5.41, 5.74) is 5.20. The zero-order valence-electron chi connectivity index (χ0n) is 9.11. The van der Waals surface area contributed by atoms with Crippen LogP contribution in [0.1, 0.15) is 4.88 Å². The number of nitrogens with zero attached hydrogens (tertiary/aromatic N) is 1. The summed E-state index contributed by atoms with van der Waals surface area (Å²) in [5.74, 6) is -0.313. The van der Waals surface area contributed by atoms with Crippen LogP contribution in [0.5, 0.6) is 0 Å². The molecule has 6 heteroatoms. The van der Waals surface area contributed by atoms with Crippen molar-refractivity contribution in [2.75, 3.05) is 26.8 Å². The molecule has 0 spiro atoms. The average Bonchev–Trinajstić information content (AvgIpc) is 2.59. The van der Waals surface area contributed by atoms with Crippen molar-refractivity contribution in [2.24, 2.45) is 5.73 Å². The zero-order chi connectivity index (χ0) is 12.0. The lowest BCUT2D eigenvalue weighted by atomic mass is 10.4. The number of carbonyl (C=O) groups is 1. The fraction of sp³-hybridized carbons (Fsp3) is 0.500. The van der Waals surface area contributed by atoms with Crippen molar-refractivity contribution in [3.8, 4) is 0 Å². The average molecular weight is 307 g/mol. The molecule has 0 aliphatic heterocycles. The van der Waals surface area contributed by atoms with E-state index in [2.05, 4.69) is 15.9 Å². The summed E-state index contributed by atoms with van der Waals surface area (Å²) < 4.78 is 6.06. The van der Waals surface area contributed by atoms with Crippen molar-refractivity contribution in [3.05, 3.63) is 20.8 Å². The van der Waals surface area contributed by atoms with Crippen LogP contribution in [0.2, 0.25) is 0 Å². The Morgan fingerprint density at radius 1 is 1.69 bits per heavy atom. The van der Waals surface area contributed by atoms with Crippen LogP contribution >= 0.6 is 27.3 Å². The molecule has 0 aromatic carbocycles. The van der Waals surface area contributed by atoms with Gasteiger partial charge < -0.3 is 10.5 Å². The minimum atomic E-state index is -0.313. The lowest BCUT2D eigenvalue weighted by molar-refractivity contribution is -0.119. The van der Waals surface area contributed by atoms with Crippen molar-refractivity contribution in [2.45, 2.75) is 6.54 Å². The molecule has 1 aromatic heterocycles. The molecule has 1 rings (SSSR count). The van der Waals surface area contributed by atoms with Crippen molar-refractivity contribution >= 4 is 33.2 Å². The van der Waals surface area contributed by atoms with Crippen molar-refractivity contribution in [1.29, 1.82) is 0 Å². The summed E-state index contributed by atoms with van der Waals surface area (Å²) >= 11 is 5.06. The molecule has 0 saturated heterocycles. The minimum Gasteiger partial charge on any atom is -0.383 e. The third-order valence-corrected chi connectivity index (χ3v) is 3.67. The third kappa shape index (κ3) is 5.07. The molecule has 4 nitrogen and oxygen atoms in total. The van der Waals surface area contributed by atoms with Crippen LogP contribution in [0.15, 0.2) is 15.9 Å². The molecule has 1 aromatic rings. The quantitative estimate of drug-likeness (QED) is 0.829. The molecule has 1 heterocycles. The van der Waals surface area contributed by atoms with Crippen LogP contribution in [0.3, 0.4) is 0 Å². The van der Waals surface area contributed by atoms with E-state index in [1.807, 2.05) is 16.3 Å². The number of amides is 1. The first-order valence-electron chi connectivity index (χ1n) is 4.84. The van der Waals surface area contributed by atoms with Crippen LogP contribution in [0.4, 0.5) is 0 Å². The van der Waals surface area contributed by atoms with Gasteiger partial charge in [-0.1, -0.05) is 0 Å². The van der Waals surface area contributed by atoms with Gasteiger partial charge in [-0.3, -0.25) is 9.69 Å². The van der Waals surface area contributed by atoms with Gasteiger partial charge in [0.15, 0.2) is 0 Å². The van der Waals surface area contributed by atoms with Crippen LogP contribution in [0.25, 0.3) is 0 Å². The molecule has 2 N–H and O–H groups in total. The maximum atomic E-state index is 10.9. The van der Waals surface area contributed by atoms with E-state index in [0.29, 0.717) is 13.2 Å². The van der Waals surface area contributed by atoms with Gasteiger partial charge in [-0.2, -0.15) is 0 Å². The van der Waals surface area contributed by atoms with Gasteiger partial charge in [0.1, 0.15) is 0 Å². The molecule has 0 aliphatic rings. The van der Waals surface area contributed by atoms with E-state index < -0.39 is 0 Å². The molecule has 1 amide bonds. The first kappa shape index (κ1) is 13.6. The highest BCUT2D eigenvalue weighted by Crippen LogP contribution is 2.20. The van der Waals surface area contributed by atoms with Crippen LogP contribution in [-0.4, -0.2) is 37.6 Å². The second kappa shape index (κ2) is 7.01. The molecular formula is C10H15BrN2O2S. The van der Waals surface area contributed by atoms with E-state index in [4.69, 9.17) is 10.5 Å². The van der Waals surface area contributed by atoms with Gasteiger partial charge >= 0.3 is 0 Å². The summed E-state index contributed by atoms with van der Waals surface area (Å²) in [6, 6.07) is 2.05. The zero-order valence-corrected chi connectivity index (χ0v) is 11.5. The number of rotatable bonds is 7. The molecule has 0 saturated carbocycles. The monoisotopic (exact) mass is 306 g/mol. The number of hydrogen-bond donors (Lipinski definition) is 1. The predicted molar refractivity (Wildman–Crippen MR) is 68.4 cm³/mol. The number of carbonyl (C=O) groups excluding carboxylic acids is 1. The SMILES string of the molecule is COCCN(CC(N)=O)Cc1cc(Br)cs1. The second-order valence-corrected chi connectivity index (χ2v) is 5.31. The molecule has 90 valence electrons. The predicted octanol–water partition coefficient (Wildman–Crippen LogP) is 1.44. The summed E-state index contributed by atoms with van der Waals surface area (Å²) in [6.45, 7) is 2.29. The maximum absolute atomic E-state index is 10.9. The molecule has 0 radical (unpaired) electrons. The molecule has 0 atom stereocenters. The number of ether oxygens (including phenoxy) is 1. The normalized spacial score (nSPS) is 10.9. The number of nitrogens with two attached hydrogens (primary N) is 1. The first-order valence-corrected chi connectivity index (χ1v) is 6.51. The molecule has 0 fully saturated rings. The summed E-state index contributed by atoms with van der Waals surface area (Å²) in [7, 11) is 1.64.